The molecule has 4 nitrogen and oxygen atoms in total. The standard InChI is InChI=1S/C13H11ClN2O2/c14-11-8-15-6-5-10(11)13(18)16-7-9-3-1-2-4-12(9)17/h1-6,8,17H,7H2,(H,16,18). The van der Waals surface area contributed by atoms with E-state index in [0.29, 0.717) is 16.1 Å². The van der Waals surface area contributed by atoms with Crippen molar-refractivity contribution in [3.8, 4) is 5.75 Å². The number of para-hydroxylation sites is 1. The first-order valence-corrected chi connectivity index (χ1v) is 5.71. The van der Waals surface area contributed by atoms with E-state index >= 15 is 0 Å². The van der Waals surface area contributed by atoms with Gasteiger partial charge in [0, 0.05) is 24.5 Å². The van der Waals surface area contributed by atoms with Gasteiger partial charge in [-0.05, 0) is 12.1 Å². The summed E-state index contributed by atoms with van der Waals surface area (Å²) in [6.45, 7) is 0.240. The van der Waals surface area contributed by atoms with Crippen LogP contribution in [0.3, 0.4) is 0 Å². The molecule has 0 spiro atoms. The largest absolute Gasteiger partial charge is 0.508 e. The number of hydrogen-bond acceptors (Lipinski definition) is 3. The second kappa shape index (κ2) is 5.51. The number of nitrogens with one attached hydrogen (secondary N) is 1. The number of aromatic nitrogens is 1. The Bertz CT molecular complexity index is 572. The second-order valence-corrected chi connectivity index (χ2v) is 4.07. The van der Waals surface area contributed by atoms with Gasteiger partial charge < -0.3 is 10.4 Å². The summed E-state index contributed by atoms with van der Waals surface area (Å²) in [5.41, 5.74) is 1.01. The van der Waals surface area contributed by atoms with Crippen LogP contribution in [-0.2, 0) is 6.54 Å². The Morgan fingerprint density at radius 1 is 1.33 bits per heavy atom. The van der Waals surface area contributed by atoms with Crippen LogP contribution >= 0.6 is 11.6 Å². The molecule has 0 aliphatic rings. The van der Waals surface area contributed by atoms with E-state index in [4.69, 9.17) is 11.6 Å². The van der Waals surface area contributed by atoms with Crippen LogP contribution in [-0.4, -0.2) is 16.0 Å². The van der Waals surface area contributed by atoms with Crippen molar-refractivity contribution in [3.05, 3.63) is 58.9 Å². The molecule has 5 heteroatoms. The number of carbonyl (C=O) groups excluding carboxylic acids is 1. The fourth-order valence-electron chi connectivity index (χ4n) is 1.49. The minimum Gasteiger partial charge on any atom is -0.508 e. The molecule has 2 rings (SSSR count). The number of pyridine rings is 1. The van der Waals surface area contributed by atoms with E-state index in [1.54, 1.807) is 30.3 Å². The summed E-state index contributed by atoms with van der Waals surface area (Å²) in [6.07, 6.45) is 2.91. The molecule has 2 aromatic rings. The first-order chi connectivity index (χ1) is 8.68. The van der Waals surface area contributed by atoms with E-state index in [9.17, 15) is 9.90 Å². The number of carbonyl (C=O) groups is 1. The Hall–Kier alpha value is -2.07. The second-order valence-electron chi connectivity index (χ2n) is 3.67. The van der Waals surface area contributed by atoms with E-state index < -0.39 is 0 Å². The molecule has 0 saturated carbocycles. The molecule has 0 bridgehead atoms. The third-order valence-electron chi connectivity index (χ3n) is 2.45. The van der Waals surface area contributed by atoms with Gasteiger partial charge in [0.1, 0.15) is 5.75 Å². The molecule has 1 heterocycles. The van der Waals surface area contributed by atoms with Crippen LogP contribution in [0.1, 0.15) is 15.9 Å². The average Bonchev–Trinajstić information content (AvgIpc) is 2.38. The van der Waals surface area contributed by atoms with Crippen molar-refractivity contribution in [1.82, 2.24) is 10.3 Å². The zero-order chi connectivity index (χ0) is 13.0. The lowest BCUT2D eigenvalue weighted by Crippen LogP contribution is -2.23. The Morgan fingerprint density at radius 2 is 2.11 bits per heavy atom. The first kappa shape index (κ1) is 12.4. The van der Waals surface area contributed by atoms with Gasteiger partial charge in [0.05, 0.1) is 10.6 Å². The minimum absolute atomic E-state index is 0.152. The zero-order valence-electron chi connectivity index (χ0n) is 9.43. The highest BCUT2D eigenvalue weighted by Gasteiger charge is 2.10. The van der Waals surface area contributed by atoms with Gasteiger partial charge in [-0.3, -0.25) is 9.78 Å². The van der Waals surface area contributed by atoms with E-state index in [0.717, 1.165) is 0 Å². The molecule has 0 radical (unpaired) electrons. The van der Waals surface area contributed by atoms with E-state index in [1.165, 1.54) is 12.4 Å². The monoisotopic (exact) mass is 262 g/mol. The lowest BCUT2D eigenvalue weighted by molar-refractivity contribution is 0.0951. The quantitative estimate of drug-likeness (QED) is 0.893. The van der Waals surface area contributed by atoms with Gasteiger partial charge in [-0.2, -0.15) is 0 Å². The molecule has 1 amide bonds. The number of amides is 1. The zero-order valence-corrected chi connectivity index (χ0v) is 10.2. The Labute approximate surface area is 109 Å². The smallest absolute Gasteiger partial charge is 0.253 e. The van der Waals surface area contributed by atoms with Gasteiger partial charge in [-0.1, -0.05) is 29.8 Å². The van der Waals surface area contributed by atoms with E-state index in [-0.39, 0.29) is 18.2 Å². The number of halogens is 1. The molecular formula is C13H11ClN2O2. The number of phenols is 1. The molecular weight excluding hydrogens is 252 g/mol. The molecule has 0 fully saturated rings. The number of phenolic OH excluding ortho intramolecular Hbond substituents is 1. The van der Waals surface area contributed by atoms with Crippen LogP contribution in [0.25, 0.3) is 0 Å². The Kier molecular flexibility index (Phi) is 3.79. The van der Waals surface area contributed by atoms with Crippen molar-refractivity contribution in [2.24, 2.45) is 0 Å². The number of hydrogen-bond donors (Lipinski definition) is 2. The highest BCUT2D eigenvalue weighted by atomic mass is 35.5. The van der Waals surface area contributed by atoms with Gasteiger partial charge >= 0.3 is 0 Å². The summed E-state index contributed by atoms with van der Waals surface area (Å²) < 4.78 is 0. The number of rotatable bonds is 3. The lowest BCUT2D eigenvalue weighted by Gasteiger charge is -2.07. The Morgan fingerprint density at radius 3 is 2.83 bits per heavy atom. The molecule has 1 aromatic carbocycles. The average molecular weight is 263 g/mol. The van der Waals surface area contributed by atoms with E-state index in [2.05, 4.69) is 10.3 Å². The maximum Gasteiger partial charge on any atom is 0.253 e. The topological polar surface area (TPSA) is 62.2 Å². The maximum atomic E-state index is 11.8. The van der Waals surface area contributed by atoms with Gasteiger partial charge in [-0.15, -0.1) is 0 Å². The third-order valence-corrected chi connectivity index (χ3v) is 2.75. The minimum atomic E-state index is -0.300. The van der Waals surface area contributed by atoms with Crippen molar-refractivity contribution >= 4 is 17.5 Å². The molecule has 1 aromatic heterocycles. The molecule has 92 valence electrons. The maximum absolute atomic E-state index is 11.8. The normalized spacial score (nSPS) is 10.1. The highest BCUT2D eigenvalue weighted by molar-refractivity contribution is 6.33. The summed E-state index contributed by atoms with van der Waals surface area (Å²) in [6, 6.07) is 8.37. The molecule has 2 N–H and O–H groups in total. The fourth-order valence-corrected chi connectivity index (χ4v) is 1.70. The fraction of sp³-hybridized carbons (Fsp3) is 0.0769. The number of nitrogens with zero attached hydrogens (tertiary/aromatic N) is 1. The summed E-state index contributed by atoms with van der Waals surface area (Å²) in [7, 11) is 0. The summed E-state index contributed by atoms with van der Waals surface area (Å²) >= 11 is 5.86. The van der Waals surface area contributed by atoms with Crippen molar-refractivity contribution in [3.63, 3.8) is 0 Å². The molecule has 0 saturated heterocycles. The highest BCUT2D eigenvalue weighted by Crippen LogP contribution is 2.16. The molecule has 0 unspecified atom stereocenters. The van der Waals surface area contributed by atoms with Crippen LogP contribution in [0, 0.1) is 0 Å². The van der Waals surface area contributed by atoms with Crippen LogP contribution in [0.4, 0.5) is 0 Å². The van der Waals surface area contributed by atoms with Gasteiger partial charge in [0.2, 0.25) is 0 Å². The molecule has 0 aliphatic heterocycles. The van der Waals surface area contributed by atoms with Crippen LogP contribution in [0.2, 0.25) is 5.02 Å². The van der Waals surface area contributed by atoms with Crippen molar-refractivity contribution in [1.29, 1.82) is 0 Å². The summed E-state index contributed by atoms with van der Waals surface area (Å²) in [4.78, 5) is 15.7. The Balaban J connectivity index is 2.06. The third kappa shape index (κ3) is 2.78. The predicted molar refractivity (Wildman–Crippen MR) is 68.5 cm³/mol. The van der Waals surface area contributed by atoms with Crippen LogP contribution < -0.4 is 5.32 Å². The van der Waals surface area contributed by atoms with Crippen molar-refractivity contribution in [2.45, 2.75) is 6.54 Å². The summed E-state index contributed by atoms with van der Waals surface area (Å²) in [5, 5.41) is 12.5. The molecule has 0 aliphatic carbocycles. The van der Waals surface area contributed by atoms with E-state index in [1.807, 2.05) is 0 Å². The van der Waals surface area contributed by atoms with Crippen molar-refractivity contribution < 1.29 is 9.90 Å². The molecule has 18 heavy (non-hydrogen) atoms. The van der Waals surface area contributed by atoms with Crippen molar-refractivity contribution in [2.75, 3.05) is 0 Å². The summed E-state index contributed by atoms with van der Waals surface area (Å²) in [5.74, 6) is -0.149. The van der Waals surface area contributed by atoms with Crippen LogP contribution in [0.15, 0.2) is 42.7 Å². The van der Waals surface area contributed by atoms with Gasteiger partial charge in [0.15, 0.2) is 0 Å². The number of benzene rings is 1. The van der Waals surface area contributed by atoms with Gasteiger partial charge in [0.25, 0.3) is 5.91 Å². The van der Waals surface area contributed by atoms with Crippen LogP contribution in [0.5, 0.6) is 5.75 Å². The SMILES string of the molecule is O=C(NCc1ccccc1O)c1ccncc1Cl. The first-order valence-electron chi connectivity index (χ1n) is 5.33. The molecule has 0 atom stereocenters. The van der Waals surface area contributed by atoms with Gasteiger partial charge in [-0.25, -0.2) is 0 Å². The predicted octanol–water partition coefficient (Wildman–Crippen LogP) is 2.37. The number of aromatic hydroxyl groups is 1. The lowest BCUT2D eigenvalue weighted by atomic mass is 10.2.